The van der Waals surface area contributed by atoms with E-state index in [0.29, 0.717) is 43.6 Å². The Kier molecular flexibility index (Phi) is 9.68. The summed E-state index contributed by atoms with van der Waals surface area (Å²) in [5.41, 5.74) is 1.57. The molecule has 0 aliphatic carbocycles. The van der Waals surface area contributed by atoms with E-state index in [9.17, 15) is 9.59 Å². The molecule has 4 rings (SSSR count). The summed E-state index contributed by atoms with van der Waals surface area (Å²) in [7, 11) is 0. The van der Waals surface area contributed by atoms with Crippen molar-refractivity contribution in [2.45, 2.75) is 19.8 Å². The maximum absolute atomic E-state index is 12.7. The minimum atomic E-state index is -1.27. The first-order valence-electron chi connectivity index (χ1n) is 11.4. The van der Waals surface area contributed by atoms with E-state index in [-0.39, 0.29) is 12.5 Å². The third-order valence-corrected chi connectivity index (χ3v) is 7.31. The Labute approximate surface area is 243 Å². The lowest BCUT2D eigenvalue weighted by atomic mass is 10.1. The number of thiocarbonyl (C=S) groups is 1. The van der Waals surface area contributed by atoms with Crippen molar-refractivity contribution < 1.29 is 23.8 Å². The Morgan fingerprint density at radius 2 is 1.84 bits per heavy atom. The first-order chi connectivity index (χ1) is 18.3. The van der Waals surface area contributed by atoms with Gasteiger partial charge in [-0.15, -0.1) is 0 Å². The average molecular weight is 634 g/mol. The van der Waals surface area contributed by atoms with Gasteiger partial charge in [-0.25, -0.2) is 0 Å². The number of hydrogen-bond donors (Lipinski definition) is 2. The van der Waals surface area contributed by atoms with Crippen LogP contribution in [-0.4, -0.2) is 29.0 Å². The third kappa shape index (κ3) is 7.50. The van der Waals surface area contributed by atoms with Crippen molar-refractivity contribution >= 4 is 73.7 Å². The van der Waals surface area contributed by atoms with Gasteiger partial charge in [0.2, 0.25) is 0 Å². The first kappa shape index (κ1) is 28.0. The molecular weight excluding hydrogens is 612 g/mol. The van der Waals surface area contributed by atoms with Gasteiger partial charge in [-0.2, -0.15) is 0 Å². The Bertz CT molecular complexity index is 1380. The van der Waals surface area contributed by atoms with Gasteiger partial charge in [0.1, 0.15) is 28.2 Å². The normalized spacial score (nSPS) is 14.7. The van der Waals surface area contributed by atoms with Crippen molar-refractivity contribution in [2.75, 3.05) is 6.54 Å². The Hall–Kier alpha value is -3.05. The van der Waals surface area contributed by atoms with Crippen molar-refractivity contribution in [3.05, 3.63) is 92.3 Å². The number of carbonyl (C=O) groups is 2. The maximum Gasteiger partial charge on any atom is 0.321 e. The molecule has 1 unspecified atom stereocenters. The van der Waals surface area contributed by atoms with Gasteiger partial charge < -0.3 is 24.8 Å². The molecule has 11 heteroatoms. The number of halogens is 2. The van der Waals surface area contributed by atoms with E-state index >= 15 is 0 Å². The zero-order chi connectivity index (χ0) is 27.1. The van der Waals surface area contributed by atoms with Crippen molar-refractivity contribution in [3.8, 4) is 17.2 Å². The molecular formula is C27H22BrClN2O5S2. The highest BCUT2D eigenvalue weighted by Crippen LogP contribution is 2.33. The van der Waals surface area contributed by atoms with E-state index < -0.39 is 12.2 Å². The summed E-state index contributed by atoms with van der Waals surface area (Å²) in [5, 5.41) is 5.86. The number of rotatable bonds is 10. The summed E-state index contributed by atoms with van der Waals surface area (Å²) < 4.78 is 19.2. The second kappa shape index (κ2) is 13.1. The Morgan fingerprint density at radius 1 is 1.13 bits per heavy atom. The summed E-state index contributed by atoms with van der Waals surface area (Å²) in [6, 6.07) is 19.4. The van der Waals surface area contributed by atoms with Gasteiger partial charge in [0.15, 0.2) is 0 Å². The van der Waals surface area contributed by atoms with Crippen LogP contribution in [0.3, 0.4) is 0 Å². The van der Waals surface area contributed by atoms with Crippen LogP contribution in [0, 0.1) is 0 Å². The second-order valence-corrected chi connectivity index (χ2v) is 10.9. The van der Waals surface area contributed by atoms with Crippen LogP contribution in [0.25, 0.3) is 6.08 Å². The van der Waals surface area contributed by atoms with E-state index in [0.717, 1.165) is 10.0 Å². The fourth-order valence-electron chi connectivity index (χ4n) is 3.31. The predicted molar refractivity (Wildman–Crippen MR) is 156 cm³/mol. The van der Waals surface area contributed by atoms with Crippen molar-refractivity contribution in [1.29, 1.82) is 0 Å². The zero-order valence-electron chi connectivity index (χ0n) is 20.0. The monoisotopic (exact) mass is 632 g/mol. The number of benzene rings is 3. The van der Waals surface area contributed by atoms with Gasteiger partial charge in [-0.05, 0) is 55.5 Å². The largest absolute Gasteiger partial charge is 0.488 e. The molecule has 7 nitrogen and oxygen atoms in total. The molecule has 196 valence electrons. The second-order valence-electron chi connectivity index (χ2n) is 7.85. The fraction of sp³-hybridized carbons (Fsp3) is 0.148. The van der Waals surface area contributed by atoms with E-state index in [2.05, 4.69) is 26.6 Å². The van der Waals surface area contributed by atoms with Crippen LogP contribution < -0.4 is 24.8 Å². The number of likely N-dealkylation sites (N-methyl/N-ethyl adjacent to an activating group) is 1. The van der Waals surface area contributed by atoms with Crippen molar-refractivity contribution in [1.82, 2.24) is 10.6 Å². The van der Waals surface area contributed by atoms with Crippen molar-refractivity contribution in [2.24, 2.45) is 0 Å². The summed E-state index contributed by atoms with van der Waals surface area (Å²) in [6.45, 7) is 2.45. The van der Waals surface area contributed by atoms with Gasteiger partial charge in [0.05, 0.1) is 4.91 Å². The predicted octanol–water partition coefficient (Wildman–Crippen LogP) is 6.09. The summed E-state index contributed by atoms with van der Waals surface area (Å²) in [4.78, 5) is 25.4. The topological polar surface area (TPSA) is 85.9 Å². The lowest BCUT2D eigenvalue weighted by molar-refractivity contribution is -0.140. The van der Waals surface area contributed by atoms with E-state index in [1.54, 1.807) is 55.5 Å². The van der Waals surface area contributed by atoms with Crippen LogP contribution >= 0.6 is 51.5 Å². The number of carbonyl (C=O) groups excluding carboxylic acids is 2. The molecule has 1 aliphatic rings. The molecule has 0 radical (unpaired) electrons. The molecule has 3 aromatic rings. The fourth-order valence-corrected chi connectivity index (χ4v) is 4.87. The summed E-state index contributed by atoms with van der Waals surface area (Å²) >= 11 is 15.8. The minimum absolute atomic E-state index is 0.250. The third-order valence-electron chi connectivity index (χ3n) is 5.12. The molecule has 0 bridgehead atoms. The van der Waals surface area contributed by atoms with Crippen LogP contribution in [-0.2, 0) is 16.2 Å². The van der Waals surface area contributed by atoms with Crippen LogP contribution in [0.2, 0.25) is 5.02 Å². The van der Waals surface area contributed by atoms with Crippen molar-refractivity contribution in [3.63, 3.8) is 0 Å². The molecule has 0 aromatic heterocycles. The molecule has 2 amide bonds. The summed E-state index contributed by atoms with van der Waals surface area (Å²) in [5.74, 6) is 0.468. The molecule has 1 saturated heterocycles. The lowest BCUT2D eigenvalue weighted by Crippen LogP contribution is -2.42. The Balaban J connectivity index is 1.63. The molecule has 1 aliphatic heterocycles. The molecule has 2 N–H and O–H groups in total. The number of ether oxygens (including phenoxy) is 3. The molecule has 1 atom stereocenters. The number of hydrogen-bond acceptors (Lipinski definition) is 7. The van der Waals surface area contributed by atoms with Gasteiger partial charge in [-0.3, -0.25) is 9.59 Å². The molecule has 3 aromatic carbocycles. The van der Waals surface area contributed by atoms with Crippen LogP contribution in [0.15, 0.2) is 76.1 Å². The van der Waals surface area contributed by atoms with E-state index in [1.807, 2.05) is 24.3 Å². The average Bonchev–Trinajstić information content (AvgIpc) is 3.21. The maximum atomic E-state index is 12.7. The lowest BCUT2D eigenvalue weighted by Gasteiger charge is -2.20. The number of nitrogens with one attached hydrogen (secondary N) is 2. The van der Waals surface area contributed by atoms with Crippen LogP contribution in [0.5, 0.6) is 17.2 Å². The van der Waals surface area contributed by atoms with E-state index in [1.165, 1.54) is 11.8 Å². The quantitative estimate of drug-likeness (QED) is 0.159. The number of amides is 2. The minimum Gasteiger partial charge on any atom is -0.488 e. The standard InChI is InChI=1S/C27H22BrClN2O5S2/c1-2-30-25(33)26(35-19-11-8-18(29)9-12-19)36-20-10-7-16(13-23-24(32)31-27(37)38-23)22(14-20)34-15-17-5-3-4-6-21(17)28/h3-14,26H,2,15H2,1H3,(H,30,33)(H,31,32,37). The van der Waals surface area contributed by atoms with Gasteiger partial charge in [-0.1, -0.05) is 69.7 Å². The SMILES string of the molecule is CCNC(=O)C(Oc1ccc(Cl)cc1)Oc1ccc(C=C2SC(=S)NC2=O)c(OCc2ccccc2Br)c1. The van der Waals surface area contributed by atoms with E-state index in [4.69, 9.17) is 38.0 Å². The molecule has 38 heavy (non-hydrogen) atoms. The smallest absolute Gasteiger partial charge is 0.321 e. The van der Waals surface area contributed by atoms with Gasteiger partial charge in [0.25, 0.3) is 5.91 Å². The highest BCUT2D eigenvalue weighted by atomic mass is 79.9. The highest BCUT2D eigenvalue weighted by molar-refractivity contribution is 9.10. The van der Waals surface area contributed by atoms with Crippen LogP contribution in [0.1, 0.15) is 18.1 Å². The zero-order valence-corrected chi connectivity index (χ0v) is 24.0. The first-order valence-corrected chi connectivity index (χ1v) is 13.8. The molecule has 1 fully saturated rings. The molecule has 1 heterocycles. The van der Waals surface area contributed by atoms with Gasteiger partial charge in [0, 0.05) is 33.2 Å². The Morgan fingerprint density at radius 3 is 2.53 bits per heavy atom. The van der Waals surface area contributed by atoms with Gasteiger partial charge >= 0.3 is 12.2 Å². The highest BCUT2D eigenvalue weighted by Gasteiger charge is 2.25. The van der Waals surface area contributed by atoms with Crippen LogP contribution in [0.4, 0.5) is 0 Å². The molecule has 0 saturated carbocycles. The summed E-state index contributed by atoms with van der Waals surface area (Å²) in [6.07, 6.45) is 0.425. The molecule has 0 spiro atoms. The number of thioether (sulfide) groups is 1.